The highest BCUT2D eigenvalue weighted by Gasteiger charge is 2.36. The molecule has 0 radical (unpaired) electrons. The van der Waals surface area contributed by atoms with E-state index in [1.54, 1.807) is 6.20 Å². The van der Waals surface area contributed by atoms with E-state index in [0.717, 1.165) is 10.7 Å². The number of carbonyl (C=O) groups excluding carboxylic acids is 1. The van der Waals surface area contributed by atoms with Crippen LogP contribution in [0.3, 0.4) is 0 Å². The molecule has 4 N–H and O–H groups in total. The van der Waals surface area contributed by atoms with Gasteiger partial charge in [-0.3, -0.25) is 4.79 Å². The monoisotopic (exact) mass is 252 g/mol. The zero-order valence-corrected chi connectivity index (χ0v) is 10.7. The van der Waals surface area contributed by atoms with Gasteiger partial charge in [0.2, 0.25) is 5.91 Å². The van der Waals surface area contributed by atoms with E-state index in [0.29, 0.717) is 11.4 Å². The minimum atomic E-state index is -0.602. The standard InChI is InChI=1S/C11H16N4OS/c1-6-7(4-9-13-5-8(12)17-9)14-10(16)11(2,3)15-6/h5,7,15H,1,4,12H2,2-3H3,(H,14,16). The van der Waals surface area contributed by atoms with Gasteiger partial charge in [-0.25, -0.2) is 4.98 Å². The van der Waals surface area contributed by atoms with Gasteiger partial charge in [-0.1, -0.05) is 6.58 Å². The zero-order chi connectivity index (χ0) is 12.6. The van der Waals surface area contributed by atoms with Crippen molar-refractivity contribution in [1.82, 2.24) is 15.6 Å². The van der Waals surface area contributed by atoms with Crippen LogP contribution in [0.5, 0.6) is 0 Å². The van der Waals surface area contributed by atoms with Crippen molar-refractivity contribution in [2.24, 2.45) is 0 Å². The van der Waals surface area contributed by atoms with Crippen molar-refractivity contribution < 1.29 is 4.79 Å². The Hall–Kier alpha value is -1.56. The summed E-state index contributed by atoms with van der Waals surface area (Å²) in [6.07, 6.45) is 2.25. The van der Waals surface area contributed by atoms with Crippen LogP contribution in [0.15, 0.2) is 18.5 Å². The predicted octanol–water partition coefficient (Wildman–Crippen LogP) is 0.648. The quantitative estimate of drug-likeness (QED) is 0.722. The van der Waals surface area contributed by atoms with Crippen LogP contribution in [0.2, 0.25) is 0 Å². The summed E-state index contributed by atoms with van der Waals surface area (Å²) in [7, 11) is 0. The Labute approximate surface area is 104 Å². The number of nitrogens with one attached hydrogen (secondary N) is 2. The predicted molar refractivity (Wildman–Crippen MR) is 68.5 cm³/mol. The molecule has 1 fully saturated rings. The number of nitrogens with two attached hydrogens (primary N) is 1. The van der Waals surface area contributed by atoms with E-state index in [1.165, 1.54) is 11.3 Å². The molecule has 0 aromatic carbocycles. The Bertz CT molecular complexity index is 466. The van der Waals surface area contributed by atoms with Crippen LogP contribution in [0.1, 0.15) is 18.9 Å². The van der Waals surface area contributed by atoms with Crippen molar-refractivity contribution in [2.75, 3.05) is 5.73 Å². The number of carbonyl (C=O) groups is 1. The lowest BCUT2D eigenvalue weighted by atomic mass is 9.97. The molecule has 0 bridgehead atoms. The third-order valence-corrected chi connectivity index (χ3v) is 3.57. The Morgan fingerprint density at radius 3 is 2.94 bits per heavy atom. The van der Waals surface area contributed by atoms with Crippen molar-refractivity contribution >= 4 is 22.2 Å². The average molecular weight is 252 g/mol. The number of thiazole rings is 1. The van der Waals surface area contributed by atoms with Gasteiger partial charge in [0.25, 0.3) is 0 Å². The molecule has 0 saturated carbocycles. The number of nitrogens with zero attached hydrogens (tertiary/aromatic N) is 1. The van der Waals surface area contributed by atoms with Gasteiger partial charge in [-0.15, -0.1) is 11.3 Å². The maximum absolute atomic E-state index is 11.8. The van der Waals surface area contributed by atoms with E-state index in [-0.39, 0.29) is 11.9 Å². The largest absolute Gasteiger partial charge is 0.389 e. The molecule has 2 heterocycles. The molecule has 1 amide bonds. The maximum atomic E-state index is 11.8. The Kier molecular flexibility index (Phi) is 2.82. The van der Waals surface area contributed by atoms with Crippen molar-refractivity contribution in [3.8, 4) is 0 Å². The summed E-state index contributed by atoms with van der Waals surface area (Å²) < 4.78 is 0. The number of amides is 1. The molecule has 1 aliphatic heterocycles. The molecule has 1 aliphatic rings. The van der Waals surface area contributed by atoms with Gasteiger partial charge in [0.05, 0.1) is 17.2 Å². The van der Waals surface area contributed by atoms with E-state index in [2.05, 4.69) is 22.2 Å². The van der Waals surface area contributed by atoms with Crippen LogP contribution in [0, 0.1) is 0 Å². The van der Waals surface area contributed by atoms with E-state index in [9.17, 15) is 4.79 Å². The highest BCUT2D eigenvalue weighted by Crippen LogP contribution is 2.21. The van der Waals surface area contributed by atoms with E-state index < -0.39 is 5.54 Å². The molecule has 1 aromatic heterocycles. The highest BCUT2D eigenvalue weighted by atomic mass is 32.1. The molecule has 0 spiro atoms. The number of anilines is 1. The van der Waals surface area contributed by atoms with Crippen LogP contribution < -0.4 is 16.4 Å². The van der Waals surface area contributed by atoms with E-state index >= 15 is 0 Å². The van der Waals surface area contributed by atoms with Gasteiger partial charge in [0, 0.05) is 12.1 Å². The summed E-state index contributed by atoms with van der Waals surface area (Å²) in [5, 5.41) is 7.64. The first-order valence-corrected chi connectivity index (χ1v) is 6.18. The Morgan fingerprint density at radius 1 is 1.65 bits per heavy atom. The molecule has 1 saturated heterocycles. The minimum Gasteiger partial charge on any atom is -0.389 e. The zero-order valence-electron chi connectivity index (χ0n) is 9.91. The molecule has 1 unspecified atom stereocenters. The fourth-order valence-electron chi connectivity index (χ4n) is 1.74. The first-order valence-electron chi connectivity index (χ1n) is 5.36. The van der Waals surface area contributed by atoms with Crippen LogP contribution in [0.25, 0.3) is 0 Å². The molecule has 92 valence electrons. The first-order chi connectivity index (χ1) is 7.88. The Morgan fingerprint density at radius 2 is 2.35 bits per heavy atom. The fourth-order valence-corrected chi connectivity index (χ4v) is 2.47. The van der Waals surface area contributed by atoms with Gasteiger partial charge in [-0.05, 0) is 13.8 Å². The fraction of sp³-hybridized carbons (Fsp3) is 0.455. The summed E-state index contributed by atoms with van der Waals surface area (Å²) in [6.45, 7) is 7.60. The van der Waals surface area contributed by atoms with Crippen LogP contribution >= 0.6 is 11.3 Å². The molecule has 1 aromatic rings. The molecule has 1 atom stereocenters. The highest BCUT2D eigenvalue weighted by molar-refractivity contribution is 7.15. The molecule has 2 rings (SSSR count). The summed E-state index contributed by atoms with van der Waals surface area (Å²) in [4.78, 5) is 16.0. The lowest BCUT2D eigenvalue weighted by Crippen LogP contribution is -2.62. The molecule has 0 aliphatic carbocycles. The lowest BCUT2D eigenvalue weighted by Gasteiger charge is -2.37. The second-order valence-corrected chi connectivity index (χ2v) is 5.81. The van der Waals surface area contributed by atoms with Gasteiger partial charge in [0.15, 0.2) is 0 Å². The molecule has 6 heteroatoms. The third kappa shape index (κ3) is 2.41. The number of hydrogen-bond donors (Lipinski definition) is 3. The SMILES string of the molecule is C=C1NC(C)(C)C(=O)NC1Cc1ncc(N)s1. The van der Waals surface area contributed by atoms with Crippen molar-refractivity contribution in [1.29, 1.82) is 0 Å². The van der Waals surface area contributed by atoms with E-state index in [4.69, 9.17) is 5.73 Å². The van der Waals surface area contributed by atoms with Gasteiger partial charge < -0.3 is 16.4 Å². The number of nitrogen functional groups attached to an aromatic ring is 1. The number of rotatable bonds is 2. The smallest absolute Gasteiger partial charge is 0.245 e. The summed E-state index contributed by atoms with van der Waals surface area (Å²) in [5.41, 5.74) is 5.83. The molecule has 17 heavy (non-hydrogen) atoms. The van der Waals surface area contributed by atoms with Gasteiger partial charge in [-0.2, -0.15) is 0 Å². The van der Waals surface area contributed by atoms with Crippen LogP contribution in [-0.2, 0) is 11.2 Å². The number of piperazine rings is 1. The summed E-state index contributed by atoms with van der Waals surface area (Å²) >= 11 is 1.43. The van der Waals surface area contributed by atoms with Gasteiger partial charge >= 0.3 is 0 Å². The lowest BCUT2D eigenvalue weighted by molar-refractivity contribution is -0.128. The van der Waals surface area contributed by atoms with Crippen molar-refractivity contribution in [3.05, 3.63) is 23.5 Å². The minimum absolute atomic E-state index is 0.0283. The summed E-state index contributed by atoms with van der Waals surface area (Å²) in [5.74, 6) is -0.0283. The topological polar surface area (TPSA) is 80.0 Å². The average Bonchev–Trinajstić information content (AvgIpc) is 2.60. The van der Waals surface area contributed by atoms with Crippen LogP contribution in [-0.4, -0.2) is 22.5 Å². The molecule has 5 nitrogen and oxygen atoms in total. The second-order valence-electron chi connectivity index (χ2n) is 4.66. The van der Waals surface area contributed by atoms with E-state index in [1.807, 2.05) is 13.8 Å². The molecular weight excluding hydrogens is 236 g/mol. The summed E-state index contributed by atoms with van der Waals surface area (Å²) in [6, 6.07) is -0.124. The maximum Gasteiger partial charge on any atom is 0.245 e. The Balaban J connectivity index is 2.08. The van der Waals surface area contributed by atoms with Crippen LogP contribution in [0.4, 0.5) is 5.00 Å². The first kappa shape index (κ1) is 11.9. The molecular formula is C11H16N4OS. The van der Waals surface area contributed by atoms with Gasteiger partial charge in [0.1, 0.15) is 10.5 Å². The normalized spacial score (nSPS) is 23.1. The second kappa shape index (κ2) is 4.03. The van der Waals surface area contributed by atoms with Crippen molar-refractivity contribution in [2.45, 2.75) is 31.8 Å². The van der Waals surface area contributed by atoms with Crippen molar-refractivity contribution in [3.63, 3.8) is 0 Å². The third-order valence-electron chi connectivity index (χ3n) is 2.72. The number of aromatic nitrogens is 1. The number of hydrogen-bond acceptors (Lipinski definition) is 5.